The average molecular weight is 242 g/mol. The predicted molar refractivity (Wildman–Crippen MR) is 63.5 cm³/mol. The Balaban J connectivity index is 1.97. The van der Waals surface area contributed by atoms with Gasteiger partial charge >= 0.3 is 0 Å². The van der Waals surface area contributed by atoms with Gasteiger partial charge in [0.2, 0.25) is 0 Å². The van der Waals surface area contributed by atoms with Gasteiger partial charge in [0.1, 0.15) is 0 Å². The van der Waals surface area contributed by atoms with Gasteiger partial charge in [-0.05, 0) is 42.9 Å². The Labute approximate surface area is 99.6 Å². The van der Waals surface area contributed by atoms with Gasteiger partial charge in [0.15, 0.2) is 0 Å². The lowest BCUT2D eigenvalue weighted by Crippen LogP contribution is -2.20. The fraction of sp³-hybridized carbons (Fsp3) is 0.500. The van der Waals surface area contributed by atoms with E-state index in [1.165, 1.54) is 18.4 Å². The van der Waals surface area contributed by atoms with Crippen LogP contribution in [0.25, 0.3) is 0 Å². The molecule has 80 valence electrons. The Hall–Kier alpha value is -0.240. The molecular weight excluding hydrogens is 229 g/mol. The summed E-state index contributed by atoms with van der Waals surface area (Å²) in [4.78, 5) is 0. The molecule has 3 heteroatoms. The molecular formula is C12H13Cl2N. The van der Waals surface area contributed by atoms with Gasteiger partial charge in [-0.25, -0.2) is 0 Å². The first-order valence-electron chi connectivity index (χ1n) is 5.33. The van der Waals surface area contributed by atoms with Crippen LogP contribution >= 0.6 is 23.2 Å². The third kappa shape index (κ3) is 1.41. The zero-order valence-corrected chi connectivity index (χ0v) is 9.85. The van der Waals surface area contributed by atoms with Gasteiger partial charge in [0, 0.05) is 11.5 Å². The molecule has 3 rings (SSSR count). The van der Waals surface area contributed by atoms with Gasteiger partial charge < -0.3 is 5.73 Å². The van der Waals surface area contributed by atoms with E-state index >= 15 is 0 Å². The van der Waals surface area contributed by atoms with Crippen molar-refractivity contribution in [3.63, 3.8) is 0 Å². The van der Waals surface area contributed by atoms with E-state index in [1.807, 2.05) is 12.1 Å². The molecule has 0 aromatic heterocycles. The van der Waals surface area contributed by atoms with E-state index in [4.69, 9.17) is 28.9 Å². The summed E-state index contributed by atoms with van der Waals surface area (Å²) in [5.74, 6) is 0.782. The molecule has 0 spiro atoms. The first-order valence-corrected chi connectivity index (χ1v) is 6.08. The van der Waals surface area contributed by atoms with Crippen molar-refractivity contribution in [2.45, 2.75) is 30.7 Å². The Morgan fingerprint density at radius 3 is 2.60 bits per heavy atom. The van der Waals surface area contributed by atoms with Crippen LogP contribution < -0.4 is 5.73 Å². The molecule has 1 aromatic rings. The SMILES string of the molecule is NC1C[C@H]2CC2(c2ccc(Cl)c(Cl)c2)C1. The van der Waals surface area contributed by atoms with E-state index in [9.17, 15) is 0 Å². The molecule has 2 aliphatic rings. The zero-order chi connectivity index (χ0) is 10.6. The largest absolute Gasteiger partial charge is 0.328 e. The lowest BCUT2D eigenvalue weighted by Gasteiger charge is -2.15. The molecule has 0 bridgehead atoms. The van der Waals surface area contributed by atoms with Crippen LogP contribution in [0.3, 0.4) is 0 Å². The highest BCUT2D eigenvalue weighted by molar-refractivity contribution is 6.42. The molecule has 0 saturated heterocycles. The molecule has 1 aromatic carbocycles. The van der Waals surface area contributed by atoms with E-state index in [1.54, 1.807) is 0 Å². The highest BCUT2D eigenvalue weighted by atomic mass is 35.5. The Morgan fingerprint density at radius 1 is 1.20 bits per heavy atom. The van der Waals surface area contributed by atoms with E-state index in [0.717, 1.165) is 12.3 Å². The maximum atomic E-state index is 6.05. The second-order valence-corrected chi connectivity index (χ2v) is 5.70. The van der Waals surface area contributed by atoms with Crippen LogP contribution in [0.4, 0.5) is 0 Å². The molecule has 0 aliphatic heterocycles. The van der Waals surface area contributed by atoms with Crippen molar-refractivity contribution in [2.75, 3.05) is 0 Å². The van der Waals surface area contributed by atoms with E-state index in [0.29, 0.717) is 21.5 Å². The molecule has 2 aliphatic carbocycles. The number of fused-ring (bicyclic) bond motifs is 1. The van der Waals surface area contributed by atoms with Crippen LogP contribution in [0.15, 0.2) is 18.2 Å². The summed E-state index contributed by atoms with van der Waals surface area (Å²) in [5.41, 5.74) is 7.66. The fourth-order valence-corrected chi connectivity index (χ4v) is 3.43. The van der Waals surface area contributed by atoms with E-state index in [2.05, 4.69) is 6.07 Å². The van der Waals surface area contributed by atoms with Crippen LogP contribution in [-0.4, -0.2) is 6.04 Å². The topological polar surface area (TPSA) is 26.0 Å². The molecule has 0 radical (unpaired) electrons. The smallest absolute Gasteiger partial charge is 0.0595 e. The summed E-state index contributed by atoms with van der Waals surface area (Å²) in [6.45, 7) is 0. The van der Waals surface area contributed by atoms with Crippen LogP contribution in [-0.2, 0) is 5.41 Å². The molecule has 2 fully saturated rings. The third-order valence-corrected chi connectivity index (χ3v) is 4.68. The van der Waals surface area contributed by atoms with Crippen LogP contribution in [0, 0.1) is 5.92 Å². The molecule has 0 heterocycles. The summed E-state index contributed by atoms with van der Waals surface area (Å²) >= 11 is 12.0. The van der Waals surface area contributed by atoms with Crippen molar-refractivity contribution >= 4 is 23.2 Å². The van der Waals surface area contributed by atoms with Crippen molar-refractivity contribution in [3.8, 4) is 0 Å². The first-order chi connectivity index (χ1) is 7.12. The van der Waals surface area contributed by atoms with Crippen molar-refractivity contribution < 1.29 is 0 Å². The summed E-state index contributed by atoms with van der Waals surface area (Å²) in [6.07, 6.45) is 3.55. The predicted octanol–water partition coefficient (Wildman–Crippen LogP) is 3.37. The molecule has 15 heavy (non-hydrogen) atoms. The minimum Gasteiger partial charge on any atom is -0.328 e. The summed E-state index contributed by atoms with van der Waals surface area (Å²) in [6, 6.07) is 6.39. The maximum Gasteiger partial charge on any atom is 0.0595 e. The third-order valence-electron chi connectivity index (χ3n) is 3.94. The number of halogens is 2. The molecule has 3 atom stereocenters. The zero-order valence-electron chi connectivity index (χ0n) is 8.34. The minimum absolute atomic E-state index is 0.341. The van der Waals surface area contributed by atoms with Crippen molar-refractivity contribution in [2.24, 2.45) is 11.7 Å². The van der Waals surface area contributed by atoms with Crippen molar-refractivity contribution in [3.05, 3.63) is 33.8 Å². The van der Waals surface area contributed by atoms with Gasteiger partial charge in [-0.3, -0.25) is 0 Å². The highest BCUT2D eigenvalue weighted by Gasteiger charge is 2.60. The monoisotopic (exact) mass is 241 g/mol. The summed E-state index contributed by atoms with van der Waals surface area (Å²) in [7, 11) is 0. The van der Waals surface area contributed by atoms with Gasteiger partial charge in [-0.15, -0.1) is 0 Å². The number of hydrogen-bond donors (Lipinski definition) is 1. The van der Waals surface area contributed by atoms with Crippen molar-refractivity contribution in [1.29, 1.82) is 0 Å². The van der Waals surface area contributed by atoms with Gasteiger partial charge in [-0.1, -0.05) is 29.3 Å². The summed E-state index contributed by atoms with van der Waals surface area (Å²) in [5, 5.41) is 1.30. The van der Waals surface area contributed by atoms with Crippen LogP contribution in [0.2, 0.25) is 10.0 Å². The van der Waals surface area contributed by atoms with E-state index in [-0.39, 0.29) is 0 Å². The van der Waals surface area contributed by atoms with Gasteiger partial charge in [-0.2, -0.15) is 0 Å². The molecule has 0 amide bonds. The number of benzene rings is 1. The number of nitrogens with two attached hydrogens (primary N) is 1. The normalized spacial score (nSPS) is 37.8. The average Bonchev–Trinajstić information content (AvgIpc) is 2.75. The molecule has 2 saturated carbocycles. The standard InChI is InChI=1S/C12H13Cl2N/c13-10-2-1-7(4-11(10)14)12-5-8(12)3-9(15)6-12/h1-2,4,8-9H,3,5-6,15H2/t8-,9?,12?/m0/s1. The van der Waals surface area contributed by atoms with Gasteiger partial charge in [0.25, 0.3) is 0 Å². The Morgan fingerprint density at radius 2 is 2.00 bits per heavy atom. The Bertz CT molecular complexity index is 418. The maximum absolute atomic E-state index is 6.05. The summed E-state index contributed by atoms with van der Waals surface area (Å²) < 4.78 is 0. The number of rotatable bonds is 1. The van der Waals surface area contributed by atoms with Gasteiger partial charge in [0.05, 0.1) is 10.0 Å². The van der Waals surface area contributed by atoms with Crippen LogP contribution in [0.1, 0.15) is 24.8 Å². The first kappa shape index (κ1) is 9.95. The van der Waals surface area contributed by atoms with Crippen LogP contribution in [0.5, 0.6) is 0 Å². The second-order valence-electron chi connectivity index (χ2n) is 4.89. The second kappa shape index (κ2) is 3.13. The molecule has 2 N–H and O–H groups in total. The number of hydrogen-bond acceptors (Lipinski definition) is 1. The molecule has 2 unspecified atom stereocenters. The van der Waals surface area contributed by atoms with E-state index < -0.39 is 0 Å². The minimum atomic E-state index is 0.341. The molecule has 1 nitrogen and oxygen atoms in total. The highest BCUT2D eigenvalue weighted by Crippen LogP contribution is 2.64. The van der Waals surface area contributed by atoms with Crippen molar-refractivity contribution in [1.82, 2.24) is 0 Å². The lowest BCUT2D eigenvalue weighted by atomic mass is 9.92. The quantitative estimate of drug-likeness (QED) is 0.802. The Kier molecular flexibility index (Phi) is 2.08. The lowest BCUT2D eigenvalue weighted by molar-refractivity contribution is 0.583. The fourth-order valence-electron chi connectivity index (χ4n) is 3.13.